The highest BCUT2D eigenvalue weighted by Crippen LogP contribution is 1.95. The summed E-state index contributed by atoms with van der Waals surface area (Å²) in [7, 11) is 0. The highest BCUT2D eigenvalue weighted by atomic mass is 16.5. The third kappa shape index (κ3) is 3.50. The Hall–Kier alpha value is -0.870. The highest BCUT2D eigenvalue weighted by molar-refractivity contribution is 5.79. The van der Waals surface area contributed by atoms with Crippen molar-refractivity contribution in [3.8, 4) is 0 Å². The molecule has 4 nitrogen and oxygen atoms in total. The summed E-state index contributed by atoms with van der Waals surface area (Å²) in [6.45, 7) is 3.99. The zero-order valence-corrected chi connectivity index (χ0v) is 6.90. The van der Waals surface area contributed by atoms with Crippen LogP contribution < -0.4 is 0 Å². The molecule has 12 heavy (non-hydrogen) atoms. The molecule has 1 N–H and O–H groups in total. The molecule has 0 aromatic carbocycles. The van der Waals surface area contributed by atoms with Crippen LogP contribution in [0.2, 0.25) is 0 Å². The molecular weight excluding hydrogens is 158 g/mol. The number of nitrogens with zero attached hydrogens (tertiary/aromatic N) is 1. The lowest BCUT2D eigenvalue weighted by atomic mass is 10.4. The Balaban J connectivity index is 2.17. The Morgan fingerprint density at radius 2 is 2.17 bits per heavy atom. The van der Waals surface area contributed by atoms with E-state index in [1.54, 1.807) is 6.08 Å². The van der Waals surface area contributed by atoms with Gasteiger partial charge in [0.25, 0.3) is 0 Å². The van der Waals surface area contributed by atoms with Crippen molar-refractivity contribution in [1.82, 2.24) is 4.90 Å². The van der Waals surface area contributed by atoms with Crippen molar-refractivity contribution in [3.05, 3.63) is 12.2 Å². The summed E-state index contributed by atoms with van der Waals surface area (Å²) in [5.41, 5.74) is 0. The smallest absolute Gasteiger partial charge is 0.328 e. The molecule has 0 atom stereocenters. The van der Waals surface area contributed by atoms with Gasteiger partial charge in [0.15, 0.2) is 0 Å². The van der Waals surface area contributed by atoms with Gasteiger partial charge in [-0.25, -0.2) is 4.79 Å². The molecular formula is C8H13NO3. The van der Waals surface area contributed by atoms with E-state index in [0.29, 0.717) is 6.54 Å². The number of aliphatic carboxylic acids is 1. The van der Waals surface area contributed by atoms with E-state index in [1.807, 2.05) is 0 Å². The molecule has 1 rings (SSSR count). The van der Waals surface area contributed by atoms with E-state index in [0.717, 1.165) is 26.3 Å². The molecule has 1 saturated heterocycles. The first-order chi connectivity index (χ1) is 5.79. The van der Waals surface area contributed by atoms with E-state index in [2.05, 4.69) is 4.90 Å². The SMILES string of the molecule is O=C(O)/C=C/CN1CCOCC1. The zero-order valence-electron chi connectivity index (χ0n) is 6.90. The second-order valence-electron chi connectivity index (χ2n) is 2.65. The number of rotatable bonds is 3. The van der Waals surface area contributed by atoms with Gasteiger partial charge in [-0.1, -0.05) is 6.08 Å². The van der Waals surface area contributed by atoms with Crippen molar-refractivity contribution in [1.29, 1.82) is 0 Å². The lowest BCUT2D eigenvalue weighted by Crippen LogP contribution is -2.36. The average Bonchev–Trinajstić information content (AvgIpc) is 2.05. The van der Waals surface area contributed by atoms with Crippen LogP contribution in [0.15, 0.2) is 12.2 Å². The Bertz CT molecular complexity index is 173. The zero-order chi connectivity index (χ0) is 8.81. The van der Waals surface area contributed by atoms with Crippen molar-refractivity contribution < 1.29 is 14.6 Å². The third-order valence-electron chi connectivity index (χ3n) is 1.73. The molecule has 0 unspecified atom stereocenters. The van der Waals surface area contributed by atoms with Gasteiger partial charge in [0.1, 0.15) is 0 Å². The molecule has 1 aliphatic heterocycles. The monoisotopic (exact) mass is 171 g/mol. The summed E-state index contributed by atoms with van der Waals surface area (Å²) < 4.78 is 5.15. The number of hydrogen-bond donors (Lipinski definition) is 1. The van der Waals surface area contributed by atoms with Gasteiger partial charge in [-0.05, 0) is 0 Å². The second-order valence-corrected chi connectivity index (χ2v) is 2.65. The van der Waals surface area contributed by atoms with E-state index in [4.69, 9.17) is 9.84 Å². The third-order valence-corrected chi connectivity index (χ3v) is 1.73. The Labute approximate surface area is 71.4 Å². The van der Waals surface area contributed by atoms with Crippen molar-refractivity contribution in [2.75, 3.05) is 32.8 Å². The number of carboxylic acids is 1. The largest absolute Gasteiger partial charge is 0.478 e. The second kappa shape index (κ2) is 4.90. The van der Waals surface area contributed by atoms with Crippen LogP contribution >= 0.6 is 0 Å². The molecule has 0 spiro atoms. The fourth-order valence-corrected chi connectivity index (χ4v) is 1.09. The highest BCUT2D eigenvalue weighted by Gasteiger charge is 2.07. The molecule has 1 heterocycles. The fraction of sp³-hybridized carbons (Fsp3) is 0.625. The maximum absolute atomic E-state index is 10.1. The molecule has 0 bridgehead atoms. The first kappa shape index (κ1) is 9.22. The van der Waals surface area contributed by atoms with Crippen LogP contribution in [0.4, 0.5) is 0 Å². The molecule has 0 aromatic rings. The van der Waals surface area contributed by atoms with Crippen LogP contribution in [0.3, 0.4) is 0 Å². The standard InChI is InChI=1S/C8H13NO3/c10-8(11)2-1-3-9-4-6-12-7-5-9/h1-2H,3-7H2,(H,10,11)/b2-1+. The molecule has 0 aromatic heterocycles. The maximum atomic E-state index is 10.1. The van der Waals surface area contributed by atoms with Crippen LogP contribution in [0, 0.1) is 0 Å². The number of carboxylic acid groups (broad SMARTS) is 1. The van der Waals surface area contributed by atoms with Crippen molar-refractivity contribution >= 4 is 5.97 Å². The van der Waals surface area contributed by atoms with Crippen molar-refractivity contribution in [3.63, 3.8) is 0 Å². The van der Waals surface area contributed by atoms with Gasteiger partial charge in [0.05, 0.1) is 13.2 Å². The summed E-state index contributed by atoms with van der Waals surface area (Å²) >= 11 is 0. The minimum Gasteiger partial charge on any atom is -0.478 e. The van der Waals surface area contributed by atoms with Gasteiger partial charge < -0.3 is 9.84 Å². The molecule has 0 radical (unpaired) electrons. The quantitative estimate of drug-likeness (QED) is 0.605. The number of ether oxygens (including phenoxy) is 1. The predicted molar refractivity (Wildman–Crippen MR) is 44.0 cm³/mol. The van der Waals surface area contributed by atoms with E-state index < -0.39 is 5.97 Å². The van der Waals surface area contributed by atoms with Gasteiger partial charge in [-0.15, -0.1) is 0 Å². The molecule has 0 saturated carbocycles. The average molecular weight is 171 g/mol. The molecule has 1 fully saturated rings. The van der Waals surface area contributed by atoms with E-state index >= 15 is 0 Å². The van der Waals surface area contributed by atoms with E-state index in [-0.39, 0.29) is 0 Å². The summed E-state index contributed by atoms with van der Waals surface area (Å²) in [5, 5.41) is 8.31. The molecule has 1 aliphatic rings. The summed E-state index contributed by atoms with van der Waals surface area (Å²) in [5.74, 6) is -0.886. The van der Waals surface area contributed by atoms with Gasteiger partial charge in [0, 0.05) is 25.7 Å². The molecule has 0 amide bonds. The van der Waals surface area contributed by atoms with Crippen molar-refractivity contribution in [2.24, 2.45) is 0 Å². The Kier molecular flexibility index (Phi) is 3.76. The maximum Gasteiger partial charge on any atom is 0.328 e. The summed E-state index contributed by atoms with van der Waals surface area (Å²) in [6, 6.07) is 0. The topological polar surface area (TPSA) is 49.8 Å². The van der Waals surface area contributed by atoms with E-state index in [1.165, 1.54) is 6.08 Å². The molecule has 68 valence electrons. The Morgan fingerprint density at radius 3 is 2.75 bits per heavy atom. The van der Waals surface area contributed by atoms with Crippen LogP contribution in [-0.4, -0.2) is 48.8 Å². The van der Waals surface area contributed by atoms with Gasteiger partial charge >= 0.3 is 5.97 Å². The summed E-state index contributed by atoms with van der Waals surface area (Å²) in [6.07, 6.45) is 2.84. The minimum absolute atomic E-state index is 0.704. The van der Waals surface area contributed by atoms with Gasteiger partial charge in [0.2, 0.25) is 0 Å². The van der Waals surface area contributed by atoms with Crippen LogP contribution in [0.5, 0.6) is 0 Å². The Morgan fingerprint density at radius 1 is 1.50 bits per heavy atom. The fourth-order valence-electron chi connectivity index (χ4n) is 1.09. The first-order valence-corrected chi connectivity index (χ1v) is 3.98. The minimum atomic E-state index is -0.886. The number of morpholine rings is 1. The van der Waals surface area contributed by atoms with Crippen LogP contribution in [-0.2, 0) is 9.53 Å². The number of carbonyl (C=O) groups is 1. The predicted octanol–water partition coefficient (Wildman–Crippen LogP) is -0.0406. The number of hydrogen-bond acceptors (Lipinski definition) is 3. The van der Waals surface area contributed by atoms with Gasteiger partial charge in [-0.3, -0.25) is 4.90 Å². The summed E-state index contributed by atoms with van der Waals surface area (Å²) in [4.78, 5) is 12.3. The first-order valence-electron chi connectivity index (χ1n) is 3.98. The van der Waals surface area contributed by atoms with Gasteiger partial charge in [-0.2, -0.15) is 0 Å². The van der Waals surface area contributed by atoms with Crippen LogP contribution in [0.25, 0.3) is 0 Å². The van der Waals surface area contributed by atoms with Crippen molar-refractivity contribution in [2.45, 2.75) is 0 Å². The normalized spacial score (nSPS) is 20.0. The van der Waals surface area contributed by atoms with Crippen LogP contribution in [0.1, 0.15) is 0 Å². The van der Waals surface area contributed by atoms with E-state index in [9.17, 15) is 4.79 Å². The lowest BCUT2D eigenvalue weighted by Gasteiger charge is -2.24. The molecule has 4 heteroatoms. The molecule has 0 aliphatic carbocycles. The lowest BCUT2D eigenvalue weighted by molar-refractivity contribution is -0.131.